The molecule has 0 saturated heterocycles. The molecular formula is C49H44BrN9O6. The topological polar surface area (TPSA) is 170 Å². The molecule has 9 aromatic rings. The van der Waals surface area contributed by atoms with Gasteiger partial charge in [0.25, 0.3) is 11.1 Å². The minimum absolute atomic E-state index is 0.120. The Morgan fingerprint density at radius 1 is 0.692 bits per heavy atom. The van der Waals surface area contributed by atoms with Crippen LogP contribution in [0.3, 0.4) is 0 Å². The first-order valence-electron chi connectivity index (χ1n) is 20.5. The molecule has 1 aliphatic rings. The number of fused-ring (bicyclic) bond motifs is 2. The highest BCUT2D eigenvalue weighted by molar-refractivity contribution is 9.10. The fraction of sp³-hybridized carbons (Fsp3) is 0.184. The van der Waals surface area contributed by atoms with Crippen LogP contribution in [0.4, 0.5) is 0 Å². The highest BCUT2D eigenvalue weighted by Crippen LogP contribution is 2.39. The lowest BCUT2D eigenvalue weighted by Gasteiger charge is -2.16. The molecule has 16 heteroatoms. The van der Waals surface area contributed by atoms with Gasteiger partial charge in [-0.3, -0.25) is 24.5 Å². The number of halogens is 1. The number of pyridine rings is 4. The molecule has 8 heterocycles. The molecule has 15 nitrogen and oxygen atoms in total. The van der Waals surface area contributed by atoms with Crippen molar-refractivity contribution < 1.29 is 18.5 Å². The standard InChI is InChI=1S/C24H21N5O3.C21H18BrN3O3.C4H5N/c1-15-23(16(2)32-27-15)19-10-17-11-21(28-9-8-25-14-28)24(30)29(20(17)12-22(19)31-3)13-18-6-4-5-7-26-18;1-12-20(13(2)28-24-12)16-8-14-9-17(22)21(26)25(18(14)10-19(16)27-3)11-15-6-4-5-7-23-15;1-2-4-5-3-1/h4-12,14H,13H2,1-3H3;4-10H,11H2,1-3H3;1,3-4H,2H2. The number of rotatable bonds is 9. The van der Waals surface area contributed by atoms with E-state index in [1.165, 1.54) is 0 Å². The summed E-state index contributed by atoms with van der Waals surface area (Å²) in [6, 6.07) is 22.8. The van der Waals surface area contributed by atoms with E-state index in [0.29, 0.717) is 40.5 Å². The van der Waals surface area contributed by atoms with Gasteiger partial charge in [-0.05, 0) is 92.2 Å². The number of allylic oxidation sites excluding steroid dienone is 1. The quantitative estimate of drug-likeness (QED) is 0.135. The van der Waals surface area contributed by atoms with Crippen LogP contribution >= 0.6 is 15.9 Å². The lowest BCUT2D eigenvalue weighted by molar-refractivity contribution is 0.393. The summed E-state index contributed by atoms with van der Waals surface area (Å²) in [7, 11) is 3.23. The monoisotopic (exact) mass is 933 g/mol. The van der Waals surface area contributed by atoms with E-state index in [1.54, 1.807) is 65.2 Å². The molecule has 2 aromatic carbocycles. The number of imidazole rings is 1. The normalized spacial score (nSPS) is 11.7. The highest BCUT2D eigenvalue weighted by atomic mass is 79.9. The zero-order valence-electron chi connectivity index (χ0n) is 36.5. The molecule has 0 aliphatic carbocycles. The summed E-state index contributed by atoms with van der Waals surface area (Å²) in [5.41, 5.74) is 8.42. The summed E-state index contributed by atoms with van der Waals surface area (Å²) in [5.74, 6) is 2.71. The van der Waals surface area contributed by atoms with Crippen LogP contribution in [0.1, 0.15) is 40.7 Å². The van der Waals surface area contributed by atoms with Gasteiger partial charge in [0.1, 0.15) is 28.7 Å². The number of hydrogen-bond acceptors (Lipinski definition) is 12. The van der Waals surface area contributed by atoms with Crippen LogP contribution in [0.5, 0.6) is 11.5 Å². The van der Waals surface area contributed by atoms with E-state index in [0.717, 1.165) is 79.0 Å². The smallest absolute Gasteiger partial charge is 0.275 e. The van der Waals surface area contributed by atoms with Gasteiger partial charge in [-0.25, -0.2) is 4.98 Å². The molecule has 10 rings (SSSR count). The SMILES string of the molecule is C1=CN=CC1.COc1cc2c(cc1-c1c(C)noc1C)cc(-n1ccnc1)c(=O)n2Cc1ccccn1.COc1cc2c(cc1-c1c(C)noc1C)cc(Br)c(=O)n2Cc1ccccn1. The number of aromatic nitrogens is 8. The summed E-state index contributed by atoms with van der Waals surface area (Å²) in [6.07, 6.45) is 15.2. The Kier molecular flexibility index (Phi) is 13.1. The Morgan fingerprint density at radius 2 is 1.25 bits per heavy atom. The molecular weight excluding hydrogens is 890 g/mol. The van der Waals surface area contributed by atoms with Crippen LogP contribution in [-0.2, 0) is 13.1 Å². The predicted octanol–water partition coefficient (Wildman–Crippen LogP) is 9.37. The Labute approximate surface area is 381 Å². The molecule has 0 radical (unpaired) electrons. The summed E-state index contributed by atoms with van der Waals surface area (Å²) < 4.78 is 27.7. The van der Waals surface area contributed by atoms with E-state index in [4.69, 9.17) is 18.5 Å². The fourth-order valence-electron chi connectivity index (χ4n) is 7.74. The maximum absolute atomic E-state index is 13.5. The van der Waals surface area contributed by atoms with Crippen LogP contribution in [0, 0.1) is 27.7 Å². The lowest BCUT2D eigenvalue weighted by Crippen LogP contribution is -2.25. The molecule has 0 N–H and O–H groups in total. The van der Waals surface area contributed by atoms with Gasteiger partial charge >= 0.3 is 0 Å². The van der Waals surface area contributed by atoms with Gasteiger partial charge in [0.15, 0.2) is 0 Å². The van der Waals surface area contributed by atoms with Crippen molar-refractivity contribution in [3.05, 3.63) is 176 Å². The van der Waals surface area contributed by atoms with Crippen LogP contribution in [0.25, 0.3) is 49.7 Å². The highest BCUT2D eigenvalue weighted by Gasteiger charge is 2.21. The summed E-state index contributed by atoms with van der Waals surface area (Å²) in [4.78, 5) is 43.0. The van der Waals surface area contributed by atoms with Crippen molar-refractivity contribution in [3.63, 3.8) is 0 Å². The van der Waals surface area contributed by atoms with Crippen molar-refractivity contribution in [2.45, 2.75) is 47.2 Å². The number of nitrogens with zero attached hydrogens (tertiary/aromatic N) is 9. The second-order valence-corrected chi connectivity index (χ2v) is 15.8. The summed E-state index contributed by atoms with van der Waals surface area (Å²) in [6.45, 7) is 8.23. The van der Waals surface area contributed by atoms with Gasteiger partial charge < -0.3 is 32.2 Å². The maximum atomic E-state index is 13.5. The molecule has 0 saturated carbocycles. The van der Waals surface area contributed by atoms with E-state index < -0.39 is 0 Å². The maximum Gasteiger partial charge on any atom is 0.275 e. The van der Waals surface area contributed by atoms with E-state index in [9.17, 15) is 9.59 Å². The van der Waals surface area contributed by atoms with Crippen molar-refractivity contribution in [2.75, 3.05) is 14.2 Å². The Bertz CT molecular complexity index is 3270. The van der Waals surface area contributed by atoms with Crippen molar-refractivity contribution in [3.8, 4) is 39.4 Å². The molecule has 0 bridgehead atoms. The average molecular weight is 935 g/mol. The largest absolute Gasteiger partial charge is 0.496 e. The van der Waals surface area contributed by atoms with Crippen molar-refractivity contribution in [1.82, 2.24) is 39.0 Å². The Morgan fingerprint density at radius 3 is 1.66 bits per heavy atom. The van der Waals surface area contributed by atoms with E-state index in [2.05, 4.69) is 46.2 Å². The van der Waals surface area contributed by atoms with Crippen molar-refractivity contribution in [1.29, 1.82) is 0 Å². The molecule has 65 heavy (non-hydrogen) atoms. The minimum atomic E-state index is -0.145. The minimum Gasteiger partial charge on any atom is -0.496 e. The van der Waals surface area contributed by atoms with Crippen LogP contribution < -0.4 is 20.6 Å². The van der Waals surface area contributed by atoms with E-state index >= 15 is 0 Å². The zero-order valence-corrected chi connectivity index (χ0v) is 38.1. The number of aryl methyl sites for hydroxylation is 4. The number of hydrogen-bond donors (Lipinski definition) is 0. The molecule has 0 unspecified atom stereocenters. The van der Waals surface area contributed by atoms with Gasteiger partial charge in [0.05, 0.1) is 83.0 Å². The summed E-state index contributed by atoms with van der Waals surface area (Å²) in [5, 5.41) is 9.91. The average Bonchev–Trinajstić information content (AvgIpc) is 4.18. The van der Waals surface area contributed by atoms with E-state index in [1.807, 2.05) is 113 Å². The third-order valence-electron chi connectivity index (χ3n) is 10.8. The second kappa shape index (κ2) is 19.3. The summed E-state index contributed by atoms with van der Waals surface area (Å²) >= 11 is 3.40. The first-order chi connectivity index (χ1) is 31.6. The van der Waals surface area contributed by atoms with Gasteiger partial charge in [-0.1, -0.05) is 28.5 Å². The van der Waals surface area contributed by atoms with Crippen LogP contribution in [0.2, 0.25) is 0 Å². The van der Waals surface area contributed by atoms with Gasteiger partial charge in [-0.15, -0.1) is 0 Å². The Balaban J connectivity index is 0.000000161. The number of aliphatic imine (C=N–C) groups is 1. The Hall–Kier alpha value is -7.72. The van der Waals surface area contributed by atoms with Gasteiger partial charge in [-0.2, -0.15) is 0 Å². The molecule has 7 aromatic heterocycles. The molecule has 0 amide bonds. The van der Waals surface area contributed by atoms with Crippen molar-refractivity contribution >= 4 is 44.0 Å². The predicted molar refractivity (Wildman–Crippen MR) is 253 cm³/mol. The molecule has 328 valence electrons. The third kappa shape index (κ3) is 9.20. The third-order valence-corrected chi connectivity index (χ3v) is 11.4. The molecule has 0 fully saturated rings. The number of ether oxygens (including phenoxy) is 2. The fourth-order valence-corrected chi connectivity index (χ4v) is 8.20. The van der Waals surface area contributed by atoms with Crippen LogP contribution in [-0.4, -0.2) is 59.4 Å². The first kappa shape index (κ1) is 43.9. The lowest BCUT2D eigenvalue weighted by atomic mass is 10.00. The molecule has 1 aliphatic heterocycles. The number of benzene rings is 2. The molecule has 0 spiro atoms. The second-order valence-electron chi connectivity index (χ2n) is 15.0. The first-order valence-corrected chi connectivity index (χ1v) is 21.3. The van der Waals surface area contributed by atoms with Gasteiger partial charge in [0.2, 0.25) is 0 Å². The van der Waals surface area contributed by atoms with Gasteiger partial charge in [0, 0.05) is 77.7 Å². The molecule has 0 atom stereocenters. The number of methoxy groups -OCH3 is 2. The van der Waals surface area contributed by atoms with Crippen molar-refractivity contribution in [2.24, 2.45) is 4.99 Å². The van der Waals surface area contributed by atoms with Crippen LogP contribution in [0.15, 0.2) is 144 Å². The van der Waals surface area contributed by atoms with E-state index in [-0.39, 0.29) is 11.1 Å². The zero-order chi connectivity index (χ0) is 45.6.